The maximum absolute atomic E-state index is 13.3. The molecule has 0 aliphatic carbocycles. The minimum atomic E-state index is -4.84. The van der Waals surface area contributed by atoms with E-state index in [1.165, 1.54) is 19.1 Å². The minimum Gasteiger partial charge on any atom is -0.489 e. The van der Waals surface area contributed by atoms with Crippen LogP contribution in [0.4, 0.5) is 17.6 Å². The third-order valence-corrected chi connectivity index (χ3v) is 4.05. The lowest BCUT2D eigenvalue weighted by Gasteiger charge is -2.24. The van der Waals surface area contributed by atoms with Crippen molar-refractivity contribution in [2.24, 2.45) is 0 Å². The first-order valence-electron chi connectivity index (χ1n) is 7.69. The molecule has 148 valence electrons. The first-order valence-corrected chi connectivity index (χ1v) is 8.48. The van der Waals surface area contributed by atoms with Gasteiger partial charge in [-0.15, -0.1) is 13.2 Å². The van der Waals surface area contributed by atoms with Crippen LogP contribution in [0.1, 0.15) is 17.3 Å². The standard InChI is InChI=1S/C18H13BrF4N2O3/c1-17(9-24,10-27-15-8-12(20)4-7-14(15)19)25-16(26)11-2-5-13(6-3-11)28-18(21,22)23/h2-8H,10H2,1H3,(H,25,26). The van der Waals surface area contributed by atoms with Crippen LogP contribution in [0.2, 0.25) is 0 Å². The van der Waals surface area contributed by atoms with Crippen LogP contribution in [0, 0.1) is 17.1 Å². The molecule has 28 heavy (non-hydrogen) atoms. The third-order valence-electron chi connectivity index (χ3n) is 3.40. The topological polar surface area (TPSA) is 71.3 Å². The number of nitrogens with zero attached hydrogens (tertiary/aromatic N) is 1. The van der Waals surface area contributed by atoms with E-state index in [4.69, 9.17) is 4.74 Å². The Kier molecular flexibility index (Phi) is 6.51. The van der Waals surface area contributed by atoms with Crippen LogP contribution in [-0.2, 0) is 0 Å². The lowest BCUT2D eigenvalue weighted by atomic mass is 10.1. The highest BCUT2D eigenvalue weighted by Crippen LogP contribution is 2.26. The summed E-state index contributed by atoms with van der Waals surface area (Å²) in [7, 11) is 0. The SMILES string of the molecule is CC(C#N)(COc1cc(F)ccc1Br)NC(=O)c1ccc(OC(F)(F)F)cc1. The smallest absolute Gasteiger partial charge is 0.489 e. The molecule has 2 aromatic carbocycles. The van der Waals surface area contributed by atoms with Crippen molar-refractivity contribution in [2.45, 2.75) is 18.8 Å². The highest BCUT2D eigenvalue weighted by atomic mass is 79.9. The molecule has 0 fully saturated rings. The first kappa shape index (κ1) is 21.5. The molecule has 0 aliphatic rings. The lowest BCUT2D eigenvalue weighted by molar-refractivity contribution is -0.274. The van der Waals surface area contributed by atoms with Crippen molar-refractivity contribution in [2.75, 3.05) is 6.61 Å². The number of carbonyl (C=O) groups excluding carboxylic acids is 1. The second kappa shape index (κ2) is 8.48. The van der Waals surface area contributed by atoms with Gasteiger partial charge >= 0.3 is 6.36 Å². The van der Waals surface area contributed by atoms with Gasteiger partial charge in [0.05, 0.1) is 10.5 Å². The normalized spacial score (nSPS) is 13.2. The van der Waals surface area contributed by atoms with Gasteiger partial charge in [0.1, 0.15) is 23.9 Å². The zero-order chi connectivity index (χ0) is 20.9. The zero-order valence-electron chi connectivity index (χ0n) is 14.3. The number of amides is 1. The van der Waals surface area contributed by atoms with E-state index in [1.54, 1.807) is 0 Å². The monoisotopic (exact) mass is 460 g/mol. The lowest BCUT2D eigenvalue weighted by Crippen LogP contribution is -2.49. The number of carbonyl (C=O) groups is 1. The van der Waals surface area contributed by atoms with E-state index >= 15 is 0 Å². The Morgan fingerprint density at radius 1 is 1.21 bits per heavy atom. The summed E-state index contributed by atoms with van der Waals surface area (Å²) in [6.45, 7) is 1.09. The summed E-state index contributed by atoms with van der Waals surface area (Å²) in [4.78, 5) is 12.3. The number of hydrogen-bond donors (Lipinski definition) is 1. The van der Waals surface area contributed by atoms with E-state index in [9.17, 15) is 27.6 Å². The number of halogens is 5. The Bertz CT molecular complexity index is 897. The van der Waals surface area contributed by atoms with Gasteiger partial charge in [-0.25, -0.2) is 4.39 Å². The van der Waals surface area contributed by atoms with Gasteiger partial charge in [0.25, 0.3) is 5.91 Å². The second-order valence-corrected chi connectivity index (χ2v) is 6.69. The Hall–Kier alpha value is -2.80. The quantitative estimate of drug-likeness (QED) is 0.640. The molecule has 0 saturated carbocycles. The fraction of sp³-hybridized carbons (Fsp3) is 0.222. The molecule has 0 saturated heterocycles. The van der Waals surface area contributed by atoms with Gasteiger partial charge in [-0.3, -0.25) is 4.79 Å². The molecule has 2 aromatic rings. The third kappa shape index (κ3) is 6.13. The number of ether oxygens (including phenoxy) is 2. The molecule has 1 atom stereocenters. The molecule has 0 bridgehead atoms. The van der Waals surface area contributed by atoms with Crippen molar-refractivity contribution in [3.8, 4) is 17.6 Å². The van der Waals surface area contributed by atoms with E-state index < -0.39 is 29.4 Å². The van der Waals surface area contributed by atoms with Crippen molar-refractivity contribution in [3.63, 3.8) is 0 Å². The molecule has 1 N–H and O–H groups in total. The molecule has 0 aromatic heterocycles. The summed E-state index contributed by atoms with van der Waals surface area (Å²) >= 11 is 3.18. The summed E-state index contributed by atoms with van der Waals surface area (Å²) in [5.74, 6) is -1.58. The van der Waals surface area contributed by atoms with Crippen molar-refractivity contribution < 1.29 is 31.8 Å². The van der Waals surface area contributed by atoms with Crippen LogP contribution >= 0.6 is 15.9 Å². The average Bonchev–Trinajstić information content (AvgIpc) is 2.61. The van der Waals surface area contributed by atoms with E-state index in [2.05, 4.69) is 26.0 Å². The highest BCUT2D eigenvalue weighted by molar-refractivity contribution is 9.10. The maximum Gasteiger partial charge on any atom is 0.573 e. The largest absolute Gasteiger partial charge is 0.573 e. The van der Waals surface area contributed by atoms with Crippen LogP contribution in [0.5, 0.6) is 11.5 Å². The van der Waals surface area contributed by atoms with Crippen molar-refractivity contribution in [1.29, 1.82) is 5.26 Å². The van der Waals surface area contributed by atoms with Gasteiger partial charge < -0.3 is 14.8 Å². The Morgan fingerprint density at radius 2 is 1.86 bits per heavy atom. The molecule has 10 heteroatoms. The van der Waals surface area contributed by atoms with Crippen LogP contribution in [0.15, 0.2) is 46.9 Å². The van der Waals surface area contributed by atoms with Crippen LogP contribution in [-0.4, -0.2) is 24.4 Å². The number of nitriles is 1. The highest BCUT2D eigenvalue weighted by Gasteiger charge is 2.31. The fourth-order valence-electron chi connectivity index (χ4n) is 2.04. The van der Waals surface area contributed by atoms with E-state index in [0.717, 1.165) is 30.3 Å². The molecule has 0 radical (unpaired) electrons. The van der Waals surface area contributed by atoms with Gasteiger partial charge in [-0.1, -0.05) is 0 Å². The summed E-state index contributed by atoms with van der Waals surface area (Å²) in [6.07, 6.45) is -4.84. The maximum atomic E-state index is 13.3. The van der Waals surface area contributed by atoms with E-state index in [0.29, 0.717) is 4.47 Å². The molecular weight excluding hydrogens is 448 g/mol. The Morgan fingerprint density at radius 3 is 2.43 bits per heavy atom. The Labute approximate surface area is 166 Å². The fourth-order valence-corrected chi connectivity index (χ4v) is 2.40. The molecular formula is C18H13BrF4N2O3. The molecule has 1 unspecified atom stereocenters. The van der Waals surface area contributed by atoms with Crippen molar-refractivity contribution in [1.82, 2.24) is 5.32 Å². The van der Waals surface area contributed by atoms with Crippen LogP contribution in [0.3, 0.4) is 0 Å². The van der Waals surface area contributed by atoms with Crippen LogP contribution < -0.4 is 14.8 Å². The van der Waals surface area contributed by atoms with Gasteiger partial charge in [-0.05, 0) is 59.3 Å². The molecule has 0 spiro atoms. The predicted molar refractivity (Wildman–Crippen MR) is 94.2 cm³/mol. The summed E-state index contributed by atoms with van der Waals surface area (Å²) in [5, 5.41) is 11.8. The van der Waals surface area contributed by atoms with Crippen molar-refractivity contribution >= 4 is 21.8 Å². The first-order chi connectivity index (χ1) is 13.0. The molecule has 2 rings (SSSR count). The number of rotatable bonds is 6. The molecule has 0 aliphatic heterocycles. The van der Waals surface area contributed by atoms with Gasteiger partial charge in [0, 0.05) is 11.6 Å². The molecule has 0 heterocycles. The van der Waals surface area contributed by atoms with E-state index in [-0.39, 0.29) is 17.9 Å². The number of benzene rings is 2. The number of nitrogens with one attached hydrogen (secondary N) is 1. The summed E-state index contributed by atoms with van der Waals surface area (Å²) in [6, 6.07) is 9.85. The van der Waals surface area contributed by atoms with Crippen LogP contribution in [0.25, 0.3) is 0 Å². The second-order valence-electron chi connectivity index (χ2n) is 5.83. The average molecular weight is 461 g/mol. The van der Waals surface area contributed by atoms with E-state index in [1.807, 2.05) is 6.07 Å². The van der Waals surface area contributed by atoms with Gasteiger partial charge in [0.15, 0.2) is 5.54 Å². The van der Waals surface area contributed by atoms with Gasteiger partial charge in [-0.2, -0.15) is 5.26 Å². The predicted octanol–water partition coefficient (Wildman–Crippen LogP) is 4.58. The van der Waals surface area contributed by atoms with Gasteiger partial charge in [0.2, 0.25) is 0 Å². The Balaban J connectivity index is 2.05. The summed E-state index contributed by atoms with van der Waals surface area (Å²) < 4.78 is 59.4. The molecule has 1 amide bonds. The van der Waals surface area contributed by atoms with Crippen molar-refractivity contribution in [3.05, 3.63) is 58.3 Å². The molecule has 5 nitrogen and oxygen atoms in total. The summed E-state index contributed by atoms with van der Waals surface area (Å²) in [5.41, 5.74) is -1.47. The minimum absolute atomic E-state index is 0.0166. The zero-order valence-corrected chi connectivity index (χ0v) is 15.9. The number of hydrogen-bond acceptors (Lipinski definition) is 4. The number of alkyl halides is 3.